The van der Waals surface area contributed by atoms with Gasteiger partial charge in [0.1, 0.15) is 17.7 Å². The van der Waals surface area contributed by atoms with Gasteiger partial charge in [-0.1, -0.05) is 6.92 Å². The summed E-state index contributed by atoms with van der Waals surface area (Å²) < 4.78 is 56.3. The van der Waals surface area contributed by atoms with E-state index >= 15 is 4.39 Å². The van der Waals surface area contributed by atoms with Gasteiger partial charge in [-0.2, -0.15) is 9.97 Å². The van der Waals surface area contributed by atoms with Crippen molar-refractivity contribution in [2.75, 3.05) is 18.9 Å². The number of carbonyl (C=O) groups excluding carboxylic acids is 1. The Hall–Kier alpha value is -1.89. The molecular weight excluding hydrogens is 484 g/mol. The van der Waals surface area contributed by atoms with Gasteiger partial charge in [0.05, 0.1) is 31.6 Å². The third kappa shape index (κ3) is 4.98. The van der Waals surface area contributed by atoms with E-state index in [9.17, 15) is 9.36 Å². The van der Waals surface area contributed by atoms with Crippen molar-refractivity contribution < 1.29 is 36.8 Å². The molecule has 0 saturated carbocycles. The zero-order chi connectivity index (χ0) is 23.9. The molecule has 2 aromatic heterocycles. The molecular formula is C18H24ClFN5O7P. The van der Waals surface area contributed by atoms with Gasteiger partial charge in [-0.25, -0.2) is 13.9 Å². The van der Waals surface area contributed by atoms with Crippen LogP contribution in [0.5, 0.6) is 0 Å². The molecule has 2 aliphatic heterocycles. The second kappa shape index (κ2) is 9.40. The van der Waals surface area contributed by atoms with Crippen LogP contribution in [0.15, 0.2) is 6.33 Å². The molecule has 0 bridgehead atoms. The van der Waals surface area contributed by atoms with Crippen molar-refractivity contribution in [2.45, 2.75) is 57.9 Å². The summed E-state index contributed by atoms with van der Waals surface area (Å²) in [5.41, 5.74) is 6.21. The van der Waals surface area contributed by atoms with E-state index < -0.39 is 44.3 Å². The molecule has 15 heteroatoms. The van der Waals surface area contributed by atoms with Crippen LogP contribution in [-0.4, -0.2) is 63.2 Å². The maximum absolute atomic E-state index is 15.3. The molecule has 182 valence electrons. The van der Waals surface area contributed by atoms with E-state index in [0.29, 0.717) is 0 Å². The number of rotatable bonds is 7. The van der Waals surface area contributed by atoms with E-state index in [1.54, 1.807) is 20.8 Å². The number of halogens is 2. The highest BCUT2D eigenvalue weighted by Gasteiger charge is 2.54. The lowest BCUT2D eigenvalue weighted by atomic mass is 10.1. The Morgan fingerprint density at radius 1 is 1.42 bits per heavy atom. The normalized spacial score (nSPS) is 30.5. The molecule has 12 nitrogen and oxygen atoms in total. The van der Waals surface area contributed by atoms with E-state index in [1.165, 1.54) is 10.9 Å². The van der Waals surface area contributed by atoms with Crippen molar-refractivity contribution in [1.29, 1.82) is 0 Å². The van der Waals surface area contributed by atoms with Gasteiger partial charge in [-0.15, -0.1) is 0 Å². The zero-order valence-corrected chi connectivity index (χ0v) is 19.7. The summed E-state index contributed by atoms with van der Waals surface area (Å²) >= 11 is 5.87. The summed E-state index contributed by atoms with van der Waals surface area (Å²) in [5.74, 6) is -0.843. The Balaban J connectivity index is 1.41. The highest BCUT2D eigenvalue weighted by molar-refractivity contribution is 7.48. The predicted molar refractivity (Wildman–Crippen MR) is 113 cm³/mol. The number of nitrogen functional groups attached to an aromatic ring is 1. The maximum Gasteiger partial charge on any atom is 0.475 e. The Bertz CT molecular complexity index is 1090. The average Bonchev–Trinajstić information content (AvgIpc) is 3.28. The number of hydrogen-bond donors (Lipinski definition) is 1. The molecule has 33 heavy (non-hydrogen) atoms. The number of anilines is 1. The molecule has 1 unspecified atom stereocenters. The topological polar surface area (TPSA) is 150 Å². The van der Waals surface area contributed by atoms with E-state index in [4.69, 9.17) is 40.4 Å². The number of nitrogens with zero attached hydrogens (tertiary/aromatic N) is 4. The summed E-state index contributed by atoms with van der Waals surface area (Å²) in [4.78, 5) is 23.8. The van der Waals surface area contributed by atoms with E-state index in [1.807, 2.05) is 0 Å². The van der Waals surface area contributed by atoms with Gasteiger partial charge in [0.25, 0.3) is 0 Å². The van der Waals surface area contributed by atoms with Crippen LogP contribution in [-0.2, 0) is 32.4 Å². The third-order valence-corrected chi connectivity index (χ3v) is 6.80. The van der Waals surface area contributed by atoms with Crippen LogP contribution in [0.4, 0.5) is 10.2 Å². The van der Waals surface area contributed by atoms with Crippen molar-refractivity contribution >= 4 is 42.4 Å². The highest BCUT2D eigenvalue weighted by atomic mass is 35.5. The van der Waals surface area contributed by atoms with Crippen LogP contribution in [0.1, 0.15) is 33.4 Å². The molecule has 6 atom stereocenters. The lowest BCUT2D eigenvalue weighted by Gasteiger charge is -2.30. The molecule has 2 fully saturated rings. The number of esters is 1. The first-order chi connectivity index (χ1) is 15.6. The quantitative estimate of drug-likeness (QED) is 0.334. The summed E-state index contributed by atoms with van der Waals surface area (Å²) in [5, 5.41) is -0.128. The average molecular weight is 508 g/mol. The number of phosphoric acid groups is 1. The van der Waals surface area contributed by atoms with Crippen LogP contribution in [0.25, 0.3) is 11.2 Å². The van der Waals surface area contributed by atoms with Gasteiger partial charge in [0.2, 0.25) is 5.28 Å². The van der Waals surface area contributed by atoms with Crippen molar-refractivity contribution in [3.8, 4) is 0 Å². The van der Waals surface area contributed by atoms with E-state index in [-0.39, 0.29) is 48.0 Å². The molecule has 2 aromatic rings. The maximum atomic E-state index is 15.3. The third-order valence-electron chi connectivity index (χ3n) is 5.16. The lowest BCUT2D eigenvalue weighted by Crippen LogP contribution is -2.38. The SMILES string of the molecule is CC(C)OC(=O)[C@@H](C)CCOP1(=O)OC[C@H]2O[C@@H](n3cnc4c(N)nc(Cl)nc43)[C@@H](F)[C@@H]2O1. The fraction of sp³-hybridized carbons (Fsp3) is 0.667. The number of imidazole rings is 1. The number of aromatic nitrogens is 4. The van der Waals surface area contributed by atoms with E-state index in [0.717, 1.165) is 0 Å². The first-order valence-electron chi connectivity index (χ1n) is 10.3. The fourth-order valence-corrected chi connectivity index (χ4v) is 5.07. The highest BCUT2D eigenvalue weighted by Crippen LogP contribution is 2.57. The van der Waals surface area contributed by atoms with Gasteiger partial charge >= 0.3 is 13.8 Å². The molecule has 2 aliphatic rings. The fourth-order valence-electron chi connectivity index (χ4n) is 3.49. The molecule has 0 amide bonds. The second-order valence-electron chi connectivity index (χ2n) is 8.03. The Morgan fingerprint density at radius 3 is 2.91 bits per heavy atom. The zero-order valence-electron chi connectivity index (χ0n) is 18.1. The molecule has 2 saturated heterocycles. The first kappa shape index (κ1) is 24.2. The second-order valence-corrected chi connectivity index (χ2v) is 9.99. The largest absolute Gasteiger partial charge is 0.475 e. The predicted octanol–water partition coefficient (Wildman–Crippen LogP) is 2.82. The first-order valence-corrected chi connectivity index (χ1v) is 12.1. The Labute approximate surface area is 193 Å². The number of alkyl halides is 1. The van der Waals surface area contributed by atoms with Gasteiger partial charge < -0.3 is 15.2 Å². The van der Waals surface area contributed by atoms with Gasteiger partial charge in [0, 0.05) is 0 Å². The standard InChI is InChI=1S/C18H24ClFN5O7P/c1-8(2)30-17(26)9(3)4-5-28-33(27)29-6-10-13(32-33)11(20)16(31-10)25-7-22-12-14(21)23-18(19)24-15(12)25/h7-11,13,16H,4-6H2,1-3H3,(H2,21,23,24)/t9-,10+,11-,13+,16+,33?/m0/s1. The minimum absolute atomic E-state index is 0.0403. The monoisotopic (exact) mass is 507 g/mol. The number of ether oxygens (including phenoxy) is 2. The Kier molecular flexibility index (Phi) is 6.90. The van der Waals surface area contributed by atoms with Crippen LogP contribution >= 0.6 is 19.4 Å². The molecule has 4 rings (SSSR count). The van der Waals surface area contributed by atoms with Gasteiger partial charge in [-0.3, -0.25) is 22.9 Å². The minimum atomic E-state index is -4.07. The molecule has 0 radical (unpaired) electrons. The lowest BCUT2D eigenvalue weighted by molar-refractivity contribution is -0.152. The molecule has 2 N–H and O–H groups in total. The number of phosphoric ester groups is 1. The summed E-state index contributed by atoms with van der Waals surface area (Å²) in [6, 6.07) is 0. The summed E-state index contributed by atoms with van der Waals surface area (Å²) in [6.07, 6.45) is -3.73. The van der Waals surface area contributed by atoms with Gasteiger partial charge in [-0.05, 0) is 31.9 Å². The number of hydrogen-bond acceptors (Lipinski definition) is 11. The van der Waals surface area contributed by atoms with Crippen molar-refractivity contribution in [3.63, 3.8) is 0 Å². The molecule has 4 heterocycles. The number of nitrogens with two attached hydrogens (primary N) is 1. The Morgan fingerprint density at radius 2 is 2.18 bits per heavy atom. The molecule has 0 aromatic carbocycles. The number of carbonyl (C=O) groups is 1. The molecule has 0 spiro atoms. The summed E-state index contributed by atoms with van der Waals surface area (Å²) in [7, 11) is -4.07. The minimum Gasteiger partial charge on any atom is -0.463 e. The summed E-state index contributed by atoms with van der Waals surface area (Å²) in [6.45, 7) is 4.83. The van der Waals surface area contributed by atoms with Crippen LogP contribution < -0.4 is 5.73 Å². The van der Waals surface area contributed by atoms with E-state index in [2.05, 4.69) is 15.0 Å². The smallest absolute Gasteiger partial charge is 0.463 e. The number of fused-ring (bicyclic) bond motifs is 2. The molecule has 0 aliphatic carbocycles. The van der Waals surface area contributed by atoms with Crippen LogP contribution in [0.3, 0.4) is 0 Å². The van der Waals surface area contributed by atoms with Crippen molar-refractivity contribution in [1.82, 2.24) is 19.5 Å². The van der Waals surface area contributed by atoms with Crippen LogP contribution in [0.2, 0.25) is 5.28 Å². The van der Waals surface area contributed by atoms with Crippen molar-refractivity contribution in [2.24, 2.45) is 5.92 Å². The van der Waals surface area contributed by atoms with Crippen LogP contribution in [0, 0.1) is 5.92 Å². The van der Waals surface area contributed by atoms with Crippen molar-refractivity contribution in [3.05, 3.63) is 11.6 Å². The van der Waals surface area contributed by atoms with Gasteiger partial charge in [0.15, 0.2) is 23.9 Å².